The summed E-state index contributed by atoms with van der Waals surface area (Å²) in [5.41, 5.74) is 0.234. The van der Waals surface area contributed by atoms with Gasteiger partial charge in [-0.1, -0.05) is 54.2 Å². The summed E-state index contributed by atoms with van der Waals surface area (Å²) in [6.07, 6.45) is -0.0580. The van der Waals surface area contributed by atoms with Gasteiger partial charge in [-0.25, -0.2) is 4.79 Å². The van der Waals surface area contributed by atoms with Crippen LogP contribution in [-0.4, -0.2) is 53.1 Å². The summed E-state index contributed by atoms with van der Waals surface area (Å²) in [5, 5.41) is 11.1. The first-order chi connectivity index (χ1) is 13.7. The minimum absolute atomic E-state index is 0.0889. The number of aliphatic hydroxyl groups excluding tert-OH is 1. The van der Waals surface area contributed by atoms with Crippen LogP contribution in [0.5, 0.6) is 0 Å². The van der Waals surface area contributed by atoms with Crippen molar-refractivity contribution in [2.24, 2.45) is 0 Å². The van der Waals surface area contributed by atoms with E-state index >= 15 is 0 Å². The van der Waals surface area contributed by atoms with E-state index in [2.05, 4.69) is 54.7 Å². The fourth-order valence-electron chi connectivity index (χ4n) is 3.79. The summed E-state index contributed by atoms with van der Waals surface area (Å²) in [7, 11) is -2.66. The minimum atomic E-state index is -2.03. The molecule has 0 bridgehead atoms. The first-order valence-corrected chi connectivity index (χ1v) is 16.2. The van der Waals surface area contributed by atoms with Crippen molar-refractivity contribution in [1.29, 1.82) is 0 Å². The monoisotopic (exact) mass is 444 g/mol. The average Bonchev–Trinajstić information content (AvgIpc) is 2.76. The molecule has 0 aromatic rings. The largest absolute Gasteiger partial charge is 0.466 e. The van der Waals surface area contributed by atoms with Crippen molar-refractivity contribution >= 4 is 22.6 Å². The predicted octanol–water partition coefficient (Wildman–Crippen LogP) is 5.43. The summed E-state index contributed by atoms with van der Waals surface area (Å²) in [6.45, 7) is 20.8. The Bertz CT molecular complexity index is 499. The van der Waals surface area contributed by atoms with Crippen LogP contribution in [0, 0.1) is 0 Å². The lowest BCUT2D eigenvalue weighted by Crippen LogP contribution is -2.53. The number of rotatable bonds is 16. The molecule has 0 rings (SSSR count). The van der Waals surface area contributed by atoms with Crippen LogP contribution >= 0.6 is 0 Å². The SMILES string of the molecule is C=C[C@@H](O[Si](CC)(CC)CC)[C@H](O[Si](CC)(CC)CC)[C@H](O)CC(=C)C(=O)OC. The maximum absolute atomic E-state index is 11.8. The highest BCUT2D eigenvalue weighted by Gasteiger charge is 2.41. The molecule has 0 heterocycles. The Morgan fingerprint density at radius 3 is 1.69 bits per heavy atom. The normalized spacial score (nSPS) is 15.4. The number of hydrogen-bond acceptors (Lipinski definition) is 5. The van der Waals surface area contributed by atoms with E-state index in [1.165, 1.54) is 7.11 Å². The summed E-state index contributed by atoms with van der Waals surface area (Å²) in [4.78, 5) is 11.8. The molecular formula is C22H44O5Si2. The highest BCUT2D eigenvalue weighted by atomic mass is 28.4. The molecule has 0 aliphatic heterocycles. The van der Waals surface area contributed by atoms with E-state index in [1.54, 1.807) is 6.08 Å². The van der Waals surface area contributed by atoms with E-state index < -0.39 is 40.9 Å². The second-order valence-corrected chi connectivity index (χ2v) is 17.2. The zero-order valence-electron chi connectivity index (χ0n) is 19.8. The summed E-state index contributed by atoms with van der Waals surface area (Å²) in [5.74, 6) is -0.511. The first kappa shape index (κ1) is 28.3. The van der Waals surface area contributed by atoms with Crippen molar-refractivity contribution in [1.82, 2.24) is 0 Å². The Hall–Kier alpha value is -0.736. The fourth-order valence-corrected chi connectivity index (χ4v) is 9.46. The smallest absolute Gasteiger partial charge is 0.333 e. The van der Waals surface area contributed by atoms with Crippen LogP contribution in [0.4, 0.5) is 0 Å². The molecule has 0 amide bonds. The maximum Gasteiger partial charge on any atom is 0.333 e. The molecule has 5 nitrogen and oxygen atoms in total. The maximum atomic E-state index is 11.8. The highest BCUT2D eigenvalue weighted by molar-refractivity contribution is 6.74. The topological polar surface area (TPSA) is 65.0 Å². The van der Waals surface area contributed by atoms with Crippen molar-refractivity contribution in [3.05, 3.63) is 24.8 Å². The second kappa shape index (κ2) is 13.5. The number of carbonyl (C=O) groups is 1. The third-order valence-corrected chi connectivity index (χ3v) is 15.8. The van der Waals surface area contributed by atoms with Crippen molar-refractivity contribution in [3.8, 4) is 0 Å². The lowest BCUT2D eigenvalue weighted by molar-refractivity contribution is -0.136. The number of esters is 1. The van der Waals surface area contributed by atoms with Crippen LogP contribution < -0.4 is 0 Å². The van der Waals surface area contributed by atoms with Gasteiger partial charge in [0.15, 0.2) is 16.6 Å². The Morgan fingerprint density at radius 2 is 1.34 bits per heavy atom. The number of methoxy groups -OCH3 is 1. The molecule has 0 aromatic heterocycles. The van der Waals surface area contributed by atoms with E-state index in [-0.39, 0.29) is 12.0 Å². The van der Waals surface area contributed by atoms with Crippen LogP contribution in [0.3, 0.4) is 0 Å². The van der Waals surface area contributed by atoms with Gasteiger partial charge in [0, 0.05) is 12.0 Å². The van der Waals surface area contributed by atoms with Crippen LogP contribution in [0.15, 0.2) is 24.8 Å². The van der Waals surface area contributed by atoms with E-state index in [9.17, 15) is 9.90 Å². The summed E-state index contributed by atoms with van der Waals surface area (Å²) < 4.78 is 18.1. The first-order valence-electron chi connectivity index (χ1n) is 11.1. The molecule has 3 atom stereocenters. The molecule has 0 aromatic carbocycles. The zero-order valence-corrected chi connectivity index (χ0v) is 21.8. The number of hydrogen-bond donors (Lipinski definition) is 1. The summed E-state index contributed by atoms with van der Waals surface area (Å²) in [6, 6.07) is 5.88. The van der Waals surface area contributed by atoms with Crippen molar-refractivity contribution in [2.75, 3.05) is 7.11 Å². The molecule has 0 radical (unpaired) electrons. The van der Waals surface area contributed by atoms with Gasteiger partial charge >= 0.3 is 5.97 Å². The Labute approximate surface area is 180 Å². The van der Waals surface area contributed by atoms with Gasteiger partial charge in [-0.05, 0) is 36.3 Å². The van der Waals surface area contributed by atoms with Crippen molar-refractivity contribution in [2.45, 2.75) is 103 Å². The third kappa shape index (κ3) is 7.79. The van der Waals surface area contributed by atoms with Crippen molar-refractivity contribution < 1.29 is 23.5 Å². The quantitative estimate of drug-likeness (QED) is 0.149. The van der Waals surface area contributed by atoms with Gasteiger partial charge in [-0.2, -0.15) is 0 Å². The van der Waals surface area contributed by atoms with E-state index in [0.29, 0.717) is 0 Å². The fraction of sp³-hybridized carbons (Fsp3) is 0.773. The highest BCUT2D eigenvalue weighted by Crippen LogP contribution is 2.31. The molecule has 0 aliphatic rings. The molecule has 0 saturated carbocycles. The molecule has 1 N–H and O–H groups in total. The van der Waals surface area contributed by atoms with Crippen molar-refractivity contribution in [3.63, 3.8) is 0 Å². The molecule has 7 heteroatoms. The van der Waals surface area contributed by atoms with E-state index in [1.807, 2.05) is 0 Å². The molecule has 0 spiro atoms. The van der Waals surface area contributed by atoms with Gasteiger partial charge in [0.05, 0.1) is 25.4 Å². The molecule has 0 aliphatic carbocycles. The standard InChI is InChI=1S/C22H44O5Si2/c1-10-20(26-28(11-2,12-3)13-4)21(27-29(14-5,15-6)16-7)19(23)17-18(8)22(24)25-9/h10,19-21,23H,1,8,11-17H2,2-7,9H3/t19-,20-,21-/m1/s1. The van der Waals surface area contributed by atoms with E-state index in [0.717, 1.165) is 36.3 Å². The van der Waals surface area contributed by atoms with Crippen LogP contribution in [0.25, 0.3) is 0 Å². The van der Waals surface area contributed by atoms with Crippen LogP contribution in [0.1, 0.15) is 48.0 Å². The van der Waals surface area contributed by atoms with Gasteiger partial charge in [0.1, 0.15) is 0 Å². The Kier molecular flexibility index (Phi) is 13.2. The van der Waals surface area contributed by atoms with Gasteiger partial charge in [-0.15, -0.1) is 6.58 Å². The predicted molar refractivity (Wildman–Crippen MR) is 126 cm³/mol. The molecular weight excluding hydrogens is 400 g/mol. The molecule has 0 saturated heterocycles. The molecule has 0 fully saturated rings. The zero-order chi connectivity index (χ0) is 22.7. The van der Waals surface area contributed by atoms with Gasteiger partial charge in [0.2, 0.25) is 0 Å². The number of carbonyl (C=O) groups excluding carboxylic acids is 1. The average molecular weight is 445 g/mol. The van der Waals surface area contributed by atoms with Crippen LogP contribution in [-0.2, 0) is 18.4 Å². The minimum Gasteiger partial charge on any atom is -0.466 e. The van der Waals surface area contributed by atoms with Gasteiger partial charge in [0.25, 0.3) is 0 Å². The second-order valence-electron chi connectivity index (χ2n) is 7.75. The number of aliphatic hydroxyl groups is 1. The Morgan fingerprint density at radius 1 is 0.931 bits per heavy atom. The van der Waals surface area contributed by atoms with Crippen LogP contribution in [0.2, 0.25) is 36.3 Å². The number of ether oxygens (including phenoxy) is 1. The van der Waals surface area contributed by atoms with E-state index in [4.69, 9.17) is 13.6 Å². The molecule has 170 valence electrons. The van der Waals surface area contributed by atoms with Gasteiger partial charge < -0.3 is 18.7 Å². The lowest BCUT2D eigenvalue weighted by Gasteiger charge is -2.41. The lowest BCUT2D eigenvalue weighted by atomic mass is 10.0. The Balaban J connectivity index is 5.93. The summed E-state index contributed by atoms with van der Waals surface area (Å²) >= 11 is 0. The molecule has 0 unspecified atom stereocenters. The third-order valence-electron chi connectivity index (χ3n) is 6.50. The molecule has 29 heavy (non-hydrogen) atoms. The van der Waals surface area contributed by atoms with Gasteiger partial charge in [-0.3, -0.25) is 0 Å².